The second kappa shape index (κ2) is 10.6. The van der Waals surface area contributed by atoms with Gasteiger partial charge in [-0.2, -0.15) is 0 Å². The average molecular weight is 432 g/mol. The minimum Gasteiger partial charge on any atom is -0.456 e. The third kappa shape index (κ3) is 6.09. The van der Waals surface area contributed by atoms with Gasteiger partial charge in [0.05, 0.1) is 4.92 Å². The van der Waals surface area contributed by atoms with Crippen LogP contribution in [0.1, 0.15) is 27.1 Å². The number of Topliss-reactive ketones (excluding diaryl/α,β-unsaturated/α-hetero) is 2. The maximum Gasteiger partial charge on any atom is 0.329 e. The van der Waals surface area contributed by atoms with Gasteiger partial charge >= 0.3 is 5.97 Å². The van der Waals surface area contributed by atoms with Crippen molar-refractivity contribution >= 4 is 28.9 Å². The van der Waals surface area contributed by atoms with Crippen molar-refractivity contribution in [2.75, 3.05) is 11.9 Å². The number of nitro benzene ring substituents is 1. The Hall–Kier alpha value is -4.33. The molecule has 0 saturated carbocycles. The lowest BCUT2D eigenvalue weighted by Gasteiger charge is -2.18. The van der Waals surface area contributed by atoms with Gasteiger partial charge in [-0.15, -0.1) is 0 Å². The number of hydrogen-bond acceptors (Lipinski definition) is 7. The second-order valence-corrected chi connectivity index (χ2v) is 6.89. The van der Waals surface area contributed by atoms with Crippen molar-refractivity contribution < 1.29 is 24.0 Å². The predicted molar refractivity (Wildman–Crippen MR) is 118 cm³/mol. The van der Waals surface area contributed by atoms with Gasteiger partial charge in [0.1, 0.15) is 6.04 Å². The molecule has 162 valence electrons. The largest absolute Gasteiger partial charge is 0.456 e. The number of carbonyl (C=O) groups is 3. The molecule has 1 N–H and O–H groups in total. The molecule has 3 aromatic rings. The van der Waals surface area contributed by atoms with E-state index in [0.717, 1.165) is 6.07 Å². The molecular weight excluding hydrogens is 412 g/mol. The van der Waals surface area contributed by atoms with Gasteiger partial charge in [0.25, 0.3) is 5.69 Å². The van der Waals surface area contributed by atoms with E-state index in [1.807, 2.05) is 6.07 Å². The van der Waals surface area contributed by atoms with Gasteiger partial charge in [0.2, 0.25) is 5.78 Å². The van der Waals surface area contributed by atoms with Crippen LogP contribution in [0.2, 0.25) is 0 Å². The molecule has 8 heteroatoms. The summed E-state index contributed by atoms with van der Waals surface area (Å²) in [5, 5.41) is 13.9. The first-order valence-electron chi connectivity index (χ1n) is 9.78. The van der Waals surface area contributed by atoms with Crippen LogP contribution < -0.4 is 5.32 Å². The number of hydrogen-bond donors (Lipinski definition) is 1. The number of esters is 1. The van der Waals surface area contributed by atoms with Crippen LogP contribution in [-0.2, 0) is 9.53 Å². The Bertz CT molecular complexity index is 1120. The lowest BCUT2D eigenvalue weighted by molar-refractivity contribution is -0.384. The molecule has 0 aliphatic carbocycles. The molecule has 0 aromatic heterocycles. The molecular formula is C24H20N2O6. The molecule has 3 aromatic carbocycles. The zero-order valence-corrected chi connectivity index (χ0v) is 17.0. The highest BCUT2D eigenvalue weighted by Gasteiger charge is 2.25. The van der Waals surface area contributed by atoms with E-state index in [0.29, 0.717) is 11.3 Å². The van der Waals surface area contributed by atoms with Gasteiger partial charge in [-0.05, 0) is 12.1 Å². The van der Waals surface area contributed by atoms with Crippen molar-refractivity contribution in [3.63, 3.8) is 0 Å². The minimum atomic E-state index is -1.02. The maximum atomic E-state index is 12.7. The van der Waals surface area contributed by atoms with Gasteiger partial charge < -0.3 is 10.1 Å². The Balaban J connectivity index is 1.70. The third-order valence-corrected chi connectivity index (χ3v) is 4.61. The Morgan fingerprint density at radius 2 is 1.47 bits per heavy atom. The molecule has 0 saturated heterocycles. The Labute approximate surface area is 184 Å². The summed E-state index contributed by atoms with van der Waals surface area (Å²) in [6, 6.07) is 21.5. The second-order valence-electron chi connectivity index (χ2n) is 6.89. The minimum absolute atomic E-state index is 0.0555. The third-order valence-electron chi connectivity index (χ3n) is 4.61. The number of nitrogens with one attached hydrogen (secondary N) is 1. The Kier molecular flexibility index (Phi) is 7.42. The molecule has 0 heterocycles. The average Bonchev–Trinajstić information content (AvgIpc) is 2.83. The molecule has 1 atom stereocenters. The van der Waals surface area contributed by atoms with E-state index in [2.05, 4.69) is 5.32 Å². The highest BCUT2D eigenvalue weighted by Crippen LogP contribution is 2.16. The van der Waals surface area contributed by atoms with E-state index in [-0.39, 0.29) is 23.5 Å². The van der Waals surface area contributed by atoms with E-state index in [1.54, 1.807) is 54.6 Å². The smallest absolute Gasteiger partial charge is 0.329 e. The van der Waals surface area contributed by atoms with Crippen LogP contribution in [-0.4, -0.2) is 35.1 Å². The molecule has 0 aliphatic rings. The fraction of sp³-hybridized carbons (Fsp3) is 0.125. The number of rotatable bonds is 10. The van der Waals surface area contributed by atoms with Crippen molar-refractivity contribution in [3.05, 3.63) is 106 Å². The molecule has 0 bridgehead atoms. The zero-order chi connectivity index (χ0) is 22.9. The standard InChI is InChI=1S/C24H20N2O6/c27-22(17-8-3-1-4-9-17)15-21(25-19-11-5-2-6-12-19)24(29)32-16-23(28)18-10-7-13-20(14-18)26(30)31/h1-14,21,25H,15-16H2/t21-/m1/s1. The number of carbonyl (C=O) groups excluding carboxylic acids is 3. The highest BCUT2D eigenvalue weighted by atomic mass is 16.6. The van der Waals surface area contributed by atoms with Crippen LogP contribution in [0.5, 0.6) is 0 Å². The van der Waals surface area contributed by atoms with Crippen LogP contribution in [0, 0.1) is 10.1 Å². The predicted octanol–water partition coefficient (Wildman–Crippen LogP) is 4.07. The quantitative estimate of drug-likeness (QED) is 0.222. The lowest BCUT2D eigenvalue weighted by Crippen LogP contribution is -2.34. The first-order chi connectivity index (χ1) is 15.4. The number of ketones is 2. The highest BCUT2D eigenvalue weighted by molar-refractivity contribution is 6.01. The first kappa shape index (κ1) is 22.4. The van der Waals surface area contributed by atoms with Gasteiger partial charge in [0.15, 0.2) is 12.4 Å². The monoisotopic (exact) mass is 432 g/mol. The summed E-state index contributed by atoms with van der Waals surface area (Å²) in [5.41, 5.74) is 0.882. The van der Waals surface area contributed by atoms with Crippen molar-refractivity contribution in [1.29, 1.82) is 0 Å². The summed E-state index contributed by atoms with van der Waals surface area (Å²) < 4.78 is 5.16. The summed E-state index contributed by atoms with van der Waals surface area (Å²) in [5.74, 6) is -1.63. The van der Waals surface area contributed by atoms with Crippen LogP contribution in [0.3, 0.4) is 0 Å². The van der Waals surface area contributed by atoms with E-state index in [4.69, 9.17) is 4.74 Å². The summed E-state index contributed by atoms with van der Waals surface area (Å²) in [6.07, 6.45) is -0.178. The van der Waals surface area contributed by atoms with E-state index < -0.39 is 29.3 Å². The molecule has 8 nitrogen and oxygen atoms in total. The number of nitrogens with zero attached hydrogens (tertiary/aromatic N) is 1. The topological polar surface area (TPSA) is 116 Å². The van der Waals surface area contributed by atoms with Crippen molar-refractivity contribution in [2.45, 2.75) is 12.5 Å². The van der Waals surface area contributed by atoms with Gasteiger partial charge in [0, 0.05) is 35.4 Å². The van der Waals surface area contributed by atoms with Crippen LogP contribution in [0.15, 0.2) is 84.9 Å². The van der Waals surface area contributed by atoms with Gasteiger partial charge in [-0.3, -0.25) is 19.7 Å². The first-order valence-corrected chi connectivity index (χ1v) is 9.78. The fourth-order valence-electron chi connectivity index (χ4n) is 2.97. The Morgan fingerprint density at radius 1 is 0.844 bits per heavy atom. The molecule has 0 fully saturated rings. The number of para-hydroxylation sites is 1. The van der Waals surface area contributed by atoms with Crippen LogP contribution in [0.4, 0.5) is 11.4 Å². The summed E-state index contributed by atoms with van der Waals surface area (Å²) in [6.45, 7) is -0.605. The van der Waals surface area contributed by atoms with Crippen LogP contribution in [0.25, 0.3) is 0 Å². The van der Waals surface area contributed by atoms with Crippen LogP contribution >= 0.6 is 0 Å². The number of benzene rings is 3. The molecule has 0 spiro atoms. The molecule has 32 heavy (non-hydrogen) atoms. The number of nitro groups is 1. The Morgan fingerprint density at radius 3 is 2.12 bits per heavy atom. The van der Waals surface area contributed by atoms with Crippen molar-refractivity contribution in [3.8, 4) is 0 Å². The van der Waals surface area contributed by atoms with Crippen molar-refractivity contribution in [1.82, 2.24) is 0 Å². The van der Waals surface area contributed by atoms with Crippen molar-refractivity contribution in [2.24, 2.45) is 0 Å². The van der Waals surface area contributed by atoms with Gasteiger partial charge in [-0.1, -0.05) is 60.7 Å². The van der Waals surface area contributed by atoms with E-state index in [9.17, 15) is 24.5 Å². The normalized spacial score (nSPS) is 11.2. The summed E-state index contributed by atoms with van der Waals surface area (Å²) in [4.78, 5) is 48.0. The number of ether oxygens (including phenoxy) is 1. The maximum absolute atomic E-state index is 12.7. The molecule has 0 aliphatic heterocycles. The molecule has 3 rings (SSSR count). The molecule has 0 unspecified atom stereocenters. The molecule has 0 amide bonds. The fourth-order valence-corrected chi connectivity index (χ4v) is 2.97. The van der Waals surface area contributed by atoms with E-state index in [1.165, 1.54) is 18.2 Å². The SMILES string of the molecule is O=C(COC(=O)[C@@H](CC(=O)c1ccccc1)Nc1ccccc1)c1cccc([N+](=O)[O-])c1. The summed E-state index contributed by atoms with van der Waals surface area (Å²) >= 11 is 0. The lowest BCUT2D eigenvalue weighted by atomic mass is 10.0. The van der Waals surface area contributed by atoms with Gasteiger partial charge in [-0.25, -0.2) is 4.79 Å². The molecule has 0 radical (unpaired) electrons. The number of anilines is 1. The summed E-state index contributed by atoms with van der Waals surface area (Å²) in [7, 11) is 0. The zero-order valence-electron chi connectivity index (χ0n) is 17.0. The number of non-ortho nitro benzene ring substituents is 1. The van der Waals surface area contributed by atoms with E-state index >= 15 is 0 Å².